The van der Waals surface area contributed by atoms with E-state index in [1.807, 2.05) is 7.05 Å². The molecular weight excluding hydrogens is 333 g/mol. The lowest BCUT2D eigenvalue weighted by molar-refractivity contribution is -0.209. The first-order chi connectivity index (χ1) is 11.8. The van der Waals surface area contributed by atoms with Crippen molar-refractivity contribution in [2.75, 3.05) is 33.4 Å². The Morgan fingerprint density at radius 3 is 2.32 bits per heavy atom. The van der Waals surface area contributed by atoms with Crippen molar-refractivity contribution in [3.05, 3.63) is 35.4 Å². The zero-order chi connectivity index (χ0) is 18.4. The van der Waals surface area contributed by atoms with E-state index in [2.05, 4.69) is 5.32 Å². The molecule has 3 unspecified atom stereocenters. The van der Waals surface area contributed by atoms with E-state index in [1.54, 1.807) is 6.92 Å². The third-order valence-electron chi connectivity index (χ3n) is 5.57. The summed E-state index contributed by atoms with van der Waals surface area (Å²) < 4.78 is 41.7. The molecule has 1 saturated carbocycles. The van der Waals surface area contributed by atoms with Gasteiger partial charge in [0.15, 0.2) is 6.67 Å². The molecule has 2 N–H and O–H groups in total. The smallest absolute Gasteiger partial charge is 0.317 e. The van der Waals surface area contributed by atoms with Gasteiger partial charge in [0.1, 0.15) is 0 Å². The van der Waals surface area contributed by atoms with E-state index < -0.39 is 24.1 Å². The number of alkyl halides is 3. The number of hydrogen-bond donors (Lipinski definition) is 2. The normalized spacial score (nSPS) is 27.8. The molecule has 1 aliphatic carbocycles. The van der Waals surface area contributed by atoms with Crippen LogP contribution in [0.25, 0.3) is 0 Å². The molecule has 4 nitrogen and oxygen atoms in total. The van der Waals surface area contributed by atoms with Crippen LogP contribution in [-0.4, -0.2) is 55.2 Å². The number of amides is 1. The zero-order valence-corrected chi connectivity index (χ0v) is 14.3. The van der Waals surface area contributed by atoms with Crippen LogP contribution in [0.15, 0.2) is 24.3 Å². The third-order valence-corrected chi connectivity index (χ3v) is 5.57. The molecule has 1 aromatic carbocycles. The second kappa shape index (κ2) is 6.29. The Morgan fingerprint density at radius 2 is 1.84 bits per heavy atom. The Kier molecular flexibility index (Phi) is 4.58. The molecule has 7 heteroatoms. The first-order valence-electron chi connectivity index (χ1n) is 8.43. The standard InChI is InChI=1S/C18H23F3N2O2/c1-11-3-5-12(6-4-11)18(25,17(20,21)10-19)16(24)23-8-14-13(7-22-2)15(14)9-23/h3-6,13-15,22,25H,7-10H2,1-2H3. The van der Waals surface area contributed by atoms with Crippen molar-refractivity contribution in [3.8, 4) is 0 Å². The van der Waals surface area contributed by atoms with E-state index in [1.165, 1.54) is 29.2 Å². The number of fused-ring (bicyclic) bond motifs is 1. The molecule has 0 spiro atoms. The highest BCUT2D eigenvalue weighted by molar-refractivity contribution is 5.88. The predicted molar refractivity (Wildman–Crippen MR) is 87.0 cm³/mol. The first kappa shape index (κ1) is 18.2. The fourth-order valence-electron chi connectivity index (χ4n) is 3.97. The van der Waals surface area contributed by atoms with Crippen LogP contribution in [0.2, 0.25) is 0 Å². The van der Waals surface area contributed by atoms with Gasteiger partial charge in [-0.2, -0.15) is 8.78 Å². The van der Waals surface area contributed by atoms with Crippen LogP contribution < -0.4 is 5.32 Å². The van der Waals surface area contributed by atoms with Gasteiger partial charge in [0.25, 0.3) is 5.91 Å². The highest BCUT2D eigenvalue weighted by atomic mass is 19.3. The average molecular weight is 356 g/mol. The molecule has 25 heavy (non-hydrogen) atoms. The molecule has 3 rings (SSSR count). The molecule has 1 heterocycles. The fourth-order valence-corrected chi connectivity index (χ4v) is 3.97. The van der Waals surface area contributed by atoms with Gasteiger partial charge >= 0.3 is 5.92 Å². The van der Waals surface area contributed by atoms with E-state index in [0.29, 0.717) is 19.0 Å². The monoisotopic (exact) mass is 356 g/mol. The van der Waals surface area contributed by atoms with Crippen LogP contribution in [0, 0.1) is 24.7 Å². The number of nitrogens with zero attached hydrogens (tertiary/aromatic N) is 1. The number of aliphatic hydroxyl groups is 1. The van der Waals surface area contributed by atoms with Gasteiger partial charge in [-0.15, -0.1) is 0 Å². The van der Waals surface area contributed by atoms with Crippen LogP contribution in [0.4, 0.5) is 13.2 Å². The van der Waals surface area contributed by atoms with Gasteiger partial charge in [-0.1, -0.05) is 29.8 Å². The minimum atomic E-state index is -4.20. The second-order valence-electron chi connectivity index (χ2n) is 7.17. The summed E-state index contributed by atoms with van der Waals surface area (Å²) in [4.78, 5) is 14.1. The predicted octanol–water partition coefficient (Wildman–Crippen LogP) is 1.71. The number of hydrogen-bond acceptors (Lipinski definition) is 3. The number of nitrogens with one attached hydrogen (secondary N) is 1. The number of piperidine rings is 1. The van der Waals surface area contributed by atoms with Gasteiger partial charge in [0.05, 0.1) is 0 Å². The third kappa shape index (κ3) is 2.83. The van der Waals surface area contributed by atoms with Crippen molar-refractivity contribution >= 4 is 5.91 Å². The van der Waals surface area contributed by atoms with Crippen LogP contribution in [0.3, 0.4) is 0 Å². The van der Waals surface area contributed by atoms with Crippen molar-refractivity contribution in [2.24, 2.45) is 17.8 Å². The number of likely N-dealkylation sites (tertiary alicyclic amines) is 1. The Hall–Kier alpha value is -1.60. The lowest BCUT2D eigenvalue weighted by Gasteiger charge is -2.37. The molecule has 2 aliphatic rings. The molecule has 1 saturated heterocycles. The van der Waals surface area contributed by atoms with Crippen molar-refractivity contribution in [1.29, 1.82) is 0 Å². The van der Waals surface area contributed by atoms with Gasteiger partial charge in [0, 0.05) is 13.1 Å². The highest BCUT2D eigenvalue weighted by Gasteiger charge is 2.64. The summed E-state index contributed by atoms with van der Waals surface area (Å²) in [5, 5.41) is 13.8. The summed E-state index contributed by atoms with van der Waals surface area (Å²) in [7, 11) is 1.84. The Morgan fingerprint density at radius 1 is 1.28 bits per heavy atom. The van der Waals surface area contributed by atoms with Gasteiger partial charge in [0.2, 0.25) is 5.60 Å². The number of carbonyl (C=O) groups is 1. The van der Waals surface area contributed by atoms with Gasteiger partial charge in [-0.05, 0) is 43.8 Å². The van der Waals surface area contributed by atoms with Gasteiger partial charge in [-0.3, -0.25) is 4.79 Å². The summed E-state index contributed by atoms with van der Waals surface area (Å²) in [6, 6.07) is 5.56. The highest BCUT2D eigenvalue weighted by Crippen LogP contribution is 2.52. The maximum absolute atomic E-state index is 14.3. The molecule has 2 fully saturated rings. The number of halogens is 3. The van der Waals surface area contributed by atoms with Crippen molar-refractivity contribution < 1.29 is 23.1 Å². The number of benzene rings is 1. The first-order valence-corrected chi connectivity index (χ1v) is 8.43. The fraction of sp³-hybridized carbons (Fsp3) is 0.611. The summed E-state index contributed by atoms with van der Waals surface area (Å²) in [6.45, 7) is 1.12. The van der Waals surface area contributed by atoms with E-state index in [-0.39, 0.29) is 17.4 Å². The Labute approximate surface area is 145 Å². The van der Waals surface area contributed by atoms with Gasteiger partial charge < -0.3 is 15.3 Å². The van der Waals surface area contributed by atoms with E-state index >= 15 is 0 Å². The minimum absolute atomic E-state index is 0.262. The minimum Gasteiger partial charge on any atom is -0.371 e. The number of carbonyl (C=O) groups excluding carboxylic acids is 1. The topological polar surface area (TPSA) is 52.6 Å². The quantitative estimate of drug-likeness (QED) is 0.816. The maximum Gasteiger partial charge on any atom is 0.317 e. The average Bonchev–Trinajstić information content (AvgIpc) is 3.04. The van der Waals surface area contributed by atoms with E-state index in [4.69, 9.17) is 0 Å². The molecule has 1 aliphatic heterocycles. The molecule has 0 radical (unpaired) electrons. The maximum atomic E-state index is 14.3. The molecule has 1 aromatic rings. The number of aryl methyl sites for hydroxylation is 1. The SMILES string of the molecule is CNCC1C2CN(C(=O)C(O)(c3ccc(C)cc3)C(F)(F)CF)CC12. The van der Waals surface area contributed by atoms with E-state index in [0.717, 1.165) is 12.1 Å². The molecule has 0 aromatic heterocycles. The van der Waals surface area contributed by atoms with Crippen molar-refractivity contribution in [2.45, 2.75) is 18.4 Å². The van der Waals surface area contributed by atoms with Crippen LogP contribution in [-0.2, 0) is 10.4 Å². The van der Waals surface area contributed by atoms with Crippen LogP contribution >= 0.6 is 0 Å². The largest absolute Gasteiger partial charge is 0.371 e. The number of rotatable bonds is 6. The summed E-state index contributed by atoms with van der Waals surface area (Å²) in [6.07, 6.45) is 0. The van der Waals surface area contributed by atoms with Gasteiger partial charge in [-0.25, -0.2) is 4.39 Å². The summed E-state index contributed by atoms with van der Waals surface area (Å²) >= 11 is 0. The van der Waals surface area contributed by atoms with Crippen molar-refractivity contribution in [1.82, 2.24) is 10.2 Å². The van der Waals surface area contributed by atoms with Crippen molar-refractivity contribution in [3.63, 3.8) is 0 Å². The lowest BCUT2D eigenvalue weighted by atomic mass is 9.85. The Balaban J connectivity index is 1.86. The molecular formula is C18H23F3N2O2. The molecule has 3 atom stereocenters. The van der Waals surface area contributed by atoms with E-state index in [9.17, 15) is 23.1 Å². The lowest BCUT2D eigenvalue weighted by Crippen LogP contribution is -2.58. The Bertz CT molecular complexity index is 640. The molecule has 0 bridgehead atoms. The summed E-state index contributed by atoms with van der Waals surface area (Å²) in [5.41, 5.74) is -2.68. The zero-order valence-electron chi connectivity index (χ0n) is 14.3. The molecule has 1 amide bonds. The second-order valence-corrected chi connectivity index (χ2v) is 7.17. The van der Waals surface area contributed by atoms with Crippen LogP contribution in [0.1, 0.15) is 11.1 Å². The molecule has 138 valence electrons. The summed E-state index contributed by atoms with van der Waals surface area (Å²) in [5.74, 6) is -4.36. The van der Waals surface area contributed by atoms with Crippen LogP contribution in [0.5, 0.6) is 0 Å².